The molecule has 1 aromatic rings. The minimum Gasteiger partial charge on any atom is -0.493 e. The molecule has 2 heterocycles. The molecule has 1 aromatic heterocycles. The molecule has 0 radical (unpaired) electrons. The number of aromatic nitrogens is 1. The molecule has 0 unspecified atom stereocenters. The van der Waals surface area contributed by atoms with Crippen LogP contribution < -0.4 is 9.64 Å². The first-order valence-electron chi connectivity index (χ1n) is 4.73. The zero-order valence-corrected chi connectivity index (χ0v) is 8.18. The summed E-state index contributed by atoms with van der Waals surface area (Å²) in [7, 11) is 1.63. The van der Waals surface area contributed by atoms with E-state index in [0.29, 0.717) is 6.54 Å². The minimum absolute atomic E-state index is 0.235. The van der Waals surface area contributed by atoms with Crippen molar-refractivity contribution < 1.29 is 9.84 Å². The third-order valence-corrected chi connectivity index (χ3v) is 2.43. The summed E-state index contributed by atoms with van der Waals surface area (Å²) >= 11 is 0. The summed E-state index contributed by atoms with van der Waals surface area (Å²) in [4.78, 5) is 6.30. The van der Waals surface area contributed by atoms with Crippen molar-refractivity contribution in [2.45, 2.75) is 12.5 Å². The molecule has 4 nitrogen and oxygen atoms in total. The Morgan fingerprint density at radius 1 is 1.64 bits per heavy atom. The lowest BCUT2D eigenvalue weighted by Crippen LogP contribution is -2.22. The average Bonchev–Trinajstić information content (AvgIpc) is 2.65. The SMILES string of the molecule is COc1cccnc1N1CC[C@@H](O)C1. The largest absolute Gasteiger partial charge is 0.493 e. The highest BCUT2D eigenvalue weighted by Crippen LogP contribution is 2.27. The molecule has 0 bridgehead atoms. The van der Waals surface area contributed by atoms with Crippen molar-refractivity contribution in [1.29, 1.82) is 0 Å². The van der Waals surface area contributed by atoms with E-state index < -0.39 is 0 Å². The van der Waals surface area contributed by atoms with Crippen LogP contribution in [0.5, 0.6) is 5.75 Å². The average molecular weight is 194 g/mol. The molecular weight excluding hydrogens is 180 g/mol. The molecule has 0 amide bonds. The number of ether oxygens (including phenoxy) is 1. The number of nitrogens with zero attached hydrogens (tertiary/aromatic N) is 2. The Morgan fingerprint density at radius 3 is 3.14 bits per heavy atom. The van der Waals surface area contributed by atoms with Crippen LogP contribution in [0.1, 0.15) is 6.42 Å². The van der Waals surface area contributed by atoms with Crippen LogP contribution in [0.25, 0.3) is 0 Å². The van der Waals surface area contributed by atoms with Crippen molar-refractivity contribution in [2.75, 3.05) is 25.1 Å². The minimum atomic E-state index is -0.235. The van der Waals surface area contributed by atoms with Gasteiger partial charge in [-0.2, -0.15) is 0 Å². The standard InChI is InChI=1S/C10H14N2O2/c1-14-9-3-2-5-11-10(9)12-6-4-8(13)7-12/h2-3,5,8,13H,4,6-7H2,1H3/t8-/m1/s1. The molecule has 76 valence electrons. The molecule has 1 fully saturated rings. The molecule has 1 saturated heterocycles. The van der Waals surface area contributed by atoms with Crippen molar-refractivity contribution in [2.24, 2.45) is 0 Å². The highest BCUT2D eigenvalue weighted by atomic mass is 16.5. The van der Waals surface area contributed by atoms with E-state index in [1.807, 2.05) is 17.0 Å². The van der Waals surface area contributed by atoms with Gasteiger partial charge in [-0.25, -0.2) is 4.98 Å². The van der Waals surface area contributed by atoms with Gasteiger partial charge in [-0.1, -0.05) is 0 Å². The van der Waals surface area contributed by atoms with Crippen LogP contribution in [-0.4, -0.2) is 36.4 Å². The third-order valence-electron chi connectivity index (χ3n) is 2.43. The Balaban J connectivity index is 2.22. The second kappa shape index (κ2) is 3.84. The van der Waals surface area contributed by atoms with Gasteiger partial charge in [0.05, 0.1) is 13.2 Å². The van der Waals surface area contributed by atoms with Crippen LogP contribution in [0.3, 0.4) is 0 Å². The summed E-state index contributed by atoms with van der Waals surface area (Å²) in [5.74, 6) is 1.59. The van der Waals surface area contributed by atoms with Crippen molar-refractivity contribution in [3.05, 3.63) is 18.3 Å². The molecule has 0 spiro atoms. The number of pyridine rings is 1. The smallest absolute Gasteiger partial charge is 0.171 e. The van der Waals surface area contributed by atoms with Gasteiger partial charge >= 0.3 is 0 Å². The number of hydrogen-bond acceptors (Lipinski definition) is 4. The predicted octanol–water partition coefficient (Wildman–Crippen LogP) is 0.661. The summed E-state index contributed by atoms with van der Waals surface area (Å²) in [6.45, 7) is 1.49. The van der Waals surface area contributed by atoms with Gasteiger partial charge in [-0.15, -0.1) is 0 Å². The van der Waals surface area contributed by atoms with Crippen LogP contribution >= 0.6 is 0 Å². The van der Waals surface area contributed by atoms with E-state index in [1.54, 1.807) is 13.3 Å². The van der Waals surface area contributed by atoms with Crippen molar-refractivity contribution in [3.8, 4) is 5.75 Å². The Labute approximate surface area is 83.1 Å². The fourth-order valence-electron chi connectivity index (χ4n) is 1.71. The maximum absolute atomic E-state index is 9.41. The first-order chi connectivity index (χ1) is 6.81. The number of aliphatic hydroxyl groups is 1. The second-order valence-corrected chi connectivity index (χ2v) is 3.42. The number of anilines is 1. The highest BCUT2D eigenvalue weighted by molar-refractivity contribution is 5.52. The monoisotopic (exact) mass is 194 g/mol. The normalized spacial score (nSPS) is 21.3. The Bertz CT molecular complexity index is 317. The molecule has 2 rings (SSSR count). The zero-order valence-electron chi connectivity index (χ0n) is 8.18. The van der Waals surface area contributed by atoms with Crippen LogP contribution in [0.4, 0.5) is 5.82 Å². The summed E-state index contributed by atoms with van der Waals surface area (Å²) in [5, 5.41) is 9.41. The van der Waals surface area contributed by atoms with Gasteiger partial charge < -0.3 is 14.7 Å². The lowest BCUT2D eigenvalue weighted by Gasteiger charge is -2.18. The van der Waals surface area contributed by atoms with Crippen molar-refractivity contribution >= 4 is 5.82 Å². The topological polar surface area (TPSA) is 45.6 Å². The lowest BCUT2D eigenvalue weighted by atomic mass is 10.3. The van der Waals surface area contributed by atoms with Gasteiger partial charge in [0.15, 0.2) is 11.6 Å². The number of rotatable bonds is 2. The summed E-state index contributed by atoms with van der Waals surface area (Å²) in [5.41, 5.74) is 0. The molecule has 1 aliphatic rings. The van der Waals surface area contributed by atoms with Gasteiger partial charge in [-0.05, 0) is 18.6 Å². The lowest BCUT2D eigenvalue weighted by molar-refractivity contribution is 0.198. The molecule has 14 heavy (non-hydrogen) atoms. The van der Waals surface area contributed by atoms with Crippen molar-refractivity contribution in [1.82, 2.24) is 4.98 Å². The second-order valence-electron chi connectivity index (χ2n) is 3.42. The molecule has 1 aliphatic heterocycles. The van der Waals surface area contributed by atoms with Gasteiger partial charge in [-0.3, -0.25) is 0 Å². The number of β-amino-alcohol motifs (C(OH)–C–C–N with tert-alkyl or cyclic N) is 1. The van der Waals surface area contributed by atoms with E-state index in [9.17, 15) is 5.11 Å². The third kappa shape index (κ3) is 1.65. The fourth-order valence-corrected chi connectivity index (χ4v) is 1.71. The molecule has 1 N–H and O–H groups in total. The molecule has 0 aliphatic carbocycles. The molecule has 4 heteroatoms. The van der Waals surface area contributed by atoms with Gasteiger partial charge in [0.2, 0.25) is 0 Å². The predicted molar refractivity (Wildman–Crippen MR) is 53.6 cm³/mol. The summed E-state index contributed by atoms with van der Waals surface area (Å²) < 4.78 is 5.21. The highest BCUT2D eigenvalue weighted by Gasteiger charge is 2.23. The Hall–Kier alpha value is -1.29. The maximum Gasteiger partial charge on any atom is 0.171 e. The summed E-state index contributed by atoms with van der Waals surface area (Å²) in [6, 6.07) is 3.72. The first-order valence-corrected chi connectivity index (χ1v) is 4.73. The summed E-state index contributed by atoms with van der Waals surface area (Å²) in [6.07, 6.45) is 2.31. The van der Waals surface area contributed by atoms with Gasteiger partial charge in [0.1, 0.15) is 0 Å². The number of methoxy groups -OCH3 is 1. The van der Waals surface area contributed by atoms with Crippen LogP contribution in [0.15, 0.2) is 18.3 Å². The van der Waals surface area contributed by atoms with E-state index in [-0.39, 0.29) is 6.10 Å². The quantitative estimate of drug-likeness (QED) is 0.751. The molecule has 0 aromatic carbocycles. The molecule has 0 saturated carbocycles. The number of hydrogen-bond donors (Lipinski definition) is 1. The van der Waals surface area contributed by atoms with Gasteiger partial charge in [0, 0.05) is 19.3 Å². The molecular formula is C10H14N2O2. The number of aliphatic hydroxyl groups excluding tert-OH is 1. The van der Waals surface area contributed by atoms with Crippen LogP contribution in [-0.2, 0) is 0 Å². The van der Waals surface area contributed by atoms with Crippen LogP contribution in [0, 0.1) is 0 Å². The first kappa shape index (κ1) is 9.27. The Kier molecular flexibility index (Phi) is 2.54. The maximum atomic E-state index is 9.41. The van der Waals surface area contributed by atoms with E-state index in [1.165, 1.54) is 0 Å². The van der Waals surface area contributed by atoms with E-state index >= 15 is 0 Å². The van der Waals surface area contributed by atoms with E-state index in [0.717, 1.165) is 24.5 Å². The zero-order chi connectivity index (χ0) is 9.97. The van der Waals surface area contributed by atoms with E-state index in [4.69, 9.17) is 4.74 Å². The molecule has 1 atom stereocenters. The van der Waals surface area contributed by atoms with Crippen molar-refractivity contribution in [3.63, 3.8) is 0 Å². The van der Waals surface area contributed by atoms with E-state index in [2.05, 4.69) is 4.98 Å². The Morgan fingerprint density at radius 2 is 2.50 bits per heavy atom. The van der Waals surface area contributed by atoms with Crippen LogP contribution in [0.2, 0.25) is 0 Å². The fraction of sp³-hybridized carbons (Fsp3) is 0.500. The van der Waals surface area contributed by atoms with Gasteiger partial charge in [0.25, 0.3) is 0 Å².